The minimum Gasteiger partial charge on any atom is -0.336 e. The quantitative estimate of drug-likeness (QED) is 0.525. The Bertz CT molecular complexity index is 1290. The first-order valence-electron chi connectivity index (χ1n) is 11.2. The molecule has 2 heterocycles. The number of nitrogens with zero attached hydrogens (tertiary/aromatic N) is 2. The van der Waals surface area contributed by atoms with Crippen LogP contribution in [0.15, 0.2) is 72.4 Å². The summed E-state index contributed by atoms with van der Waals surface area (Å²) in [6.07, 6.45) is 1.85. The summed E-state index contributed by atoms with van der Waals surface area (Å²) in [7, 11) is 0. The van der Waals surface area contributed by atoms with Crippen molar-refractivity contribution in [1.82, 2.24) is 4.90 Å². The van der Waals surface area contributed by atoms with Gasteiger partial charge in [0.25, 0.3) is 11.8 Å². The zero-order chi connectivity index (χ0) is 23.1. The Balaban J connectivity index is 1.63. The molecule has 0 saturated heterocycles. The third-order valence-corrected chi connectivity index (χ3v) is 6.57. The maximum absolute atomic E-state index is 13.8. The van der Waals surface area contributed by atoms with Crippen molar-refractivity contribution < 1.29 is 14.0 Å². The van der Waals surface area contributed by atoms with Gasteiger partial charge in [0.05, 0.1) is 12.1 Å². The van der Waals surface area contributed by atoms with Crippen molar-refractivity contribution in [2.24, 2.45) is 0 Å². The monoisotopic (exact) mass is 440 g/mol. The molecule has 0 fully saturated rings. The summed E-state index contributed by atoms with van der Waals surface area (Å²) in [5, 5.41) is 0. The van der Waals surface area contributed by atoms with E-state index in [2.05, 4.69) is 6.07 Å². The fourth-order valence-electron chi connectivity index (χ4n) is 4.65. The van der Waals surface area contributed by atoms with Crippen molar-refractivity contribution >= 4 is 23.1 Å². The largest absolute Gasteiger partial charge is 0.336 e. The van der Waals surface area contributed by atoms with Crippen LogP contribution < -0.4 is 4.90 Å². The molecule has 2 amide bonds. The summed E-state index contributed by atoms with van der Waals surface area (Å²) < 4.78 is 13.4. The maximum Gasteiger partial charge on any atom is 0.278 e. The number of carbonyl (C=O) groups excluding carboxylic acids is 2. The fourth-order valence-corrected chi connectivity index (χ4v) is 4.65. The zero-order valence-electron chi connectivity index (χ0n) is 18.8. The molecule has 0 saturated carbocycles. The number of hydrogen-bond donors (Lipinski definition) is 0. The van der Waals surface area contributed by atoms with E-state index < -0.39 is 0 Å². The summed E-state index contributed by atoms with van der Waals surface area (Å²) in [6, 6.07) is 19.9. The highest BCUT2D eigenvalue weighted by molar-refractivity contribution is 6.36. The Labute approximate surface area is 193 Å². The number of aryl methyl sites for hydroxylation is 3. The first kappa shape index (κ1) is 21.1. The normalized spacial score (nSPS) is 16.0. The highest BCUT2D eigenvalue weighted by Crippen LogP contribution is 2.38. The lowest BCUT2D eigenvalue weighted by molar-refractivity contribution is -0.137. The summed E-state index contributed by atoms with van der Waals surface area (Å²) >= 11 is 0. The average molecular weight is 441 g/mol. The van der Waals surface area contributed by atoms with Crippen LogP contribution in [-0.2, 0) is 22.6 Å². The number of anilines is 1. The number of rotatable bonds is 4. The van der Waals surface area contributed by atoms with Gasteiger partial charge in [-0.25, -0.2) is 4.39 Å². The lowest BCUT2D eigenvalue weighted by atomic mass is 9.97. The molecule has 3 aromatic carbocycles. The molecule has 5 rings (SSSR count). The number of hydrogen-bond acceptors (Lipinski definition) is 3. The number of amides is 2. The predicted octanol–water partition coefficient (Wildman–Crippen LogP) is 5.18. The van der Waals surface area contributed by atoms with E-state index >= 15 is 0 Å². The van der Waals surface area contributed by atoms with Crippen LogP contribution in [0.1, 0.15) is 34.2 Å². The van der Waals surface area contributed by atoms with E-state index in [1.807, 2.05) is 55.1 Å². The van der Waals surface area contributed by atoms with Gasteiger partial charge in [-0.05, 0) is 72.7 Å². The highest BCUT2D eigenvalue weighted by atomic mass is 19.1. The van der Waals surface area contributed by atoms with Gasteiger partial charge in [-0.2, -0.15) is 0 Å². The number of halogens is 1. The molecule has 5 heteroatoms. The molecule has 0 aliphatic carbocycles. The van der Waals surface area contributed by atoms with Crippen molar-refractivity contribution in [3.8, 4) is 0 Å². The standard InChI is InChI=1S/C28H25FN2O2/c1-18-9-12-22(16-19(18)2)25-26(30-15-5-7-21-6-3-4-8-24(21)30)28(33)31(27(25)32)17-20-10-13-23(29)14-11-20/h3-4,6,8-14,16H,5,7,15,17H2,1-2H3. The number of fused-ring (bicyclic) bond motifs is 1. The van der Waals surface area contributed by atoms with Gasteiger partial charge in [0, 0.05) is 12.2 Å². The van der Waals surface area contributed by atoms with Gasteiger partial charge in [-0.1, -0.05) is 48.5 Å². The van der Waals surface area contributed by atoms with Crippen molar-refractivity contribution in [3.63, 3.8) is 0 Å². The molecule has 4 nitrogen and oxygen atoms in total. The molecule has 0 radical (unpaired) electrons. The number of carbonyl (C=O) groups is 2. The van der Waals surface area contributed by atoms with Crippen molar-refractivity contribution in [1.29, 1.82) is 0 Å². The van der Waals surface area contributed by atoms with Crippen molar-refractivity contribution in [3.05, 3.63) is 106 Å². The van der Waals surface area contributed by atoms with Gasteiger partial charge < -0.3 is 4.90 Å². The average Bonchev–Trinajstić information content (AvgIpc) is 3.06. The van der Waals surface area contributed by atoms with Crippen LogP contribution in [0.4, 0.5) is 10.1 Å². The van der Waals surface area contributed by atoms with Gasteiger partial charge in [-0.3, -0.25) is 14.5 Å². The Hall–Kier alpha value is -3.73. The number of para-hydroxylation sites is 1. The van der Waals surface area contributed by atoms with Crippen LogP contribution >= 0.6 is 0 Å². The third kappa shape index (κ3) is 3.74. The van der Waals surface area contributed by atoms with Gasteiger partial charge in [0.1, 0.15) is 11.5 Å². The van der Waals surface area contributed by atoms with Gasteiger partial charge in [-0.15, -0.1) is 0 Å². The van der Waals surface area contributed by atoms with E-state index in [1.54, 1.807) is 12.1 Å². The SMILES string of the molecule is Cc1ccc(C2=C(N3CCCc4ccccc43)C(=O)N(Cc3ccc(F)cc3)C2=O)cc1C. The molecule has 0 unspecified atom stereocenters. The van der Waals surface area contributed by atoms with Crippen molar-refractivity contribution in [2.75, 3.05) is 11.4 Å². The highest BCUT2D eigenvalue weighted by Gasteiger charge is 2.42. The summed E-state index contributed by atoms with van der Waals surface area (Å²) in [4.78, 5) is 30.7. The summed E-state index contributed by atoms with van der Waals surface area (Å²) in [6.45, 7) is 4.81. The molecule has 2 aliphatic heterocycles. The van der Waals surface area contributed by atoms with E-state index in [0.29, 0.717) is 23.4 Å². The van der Waals surface area contributed by atoms with Gasteiger partial charge >= 0.3 is 0 Å². The molecule has 0 spiro atoms. The van der Waals surface area contributed by atoms with E-state index in [0.717, 1.165) is 35.2 Å². The topological polar surface area (TPSA) is 40.6 Å². The molecular weight excluding hydrogens is 415 g/mol. The molecule has 0 aromatic heterocycles. The Morgan fingerprint density at radius 3 is 2.39 bits per heavy atom. The third-order valence-electron chi connectivity index (χ3n) is 6.57. The summed E-state index contributed by atoms with van der Waals surface area (Å²) in [5.41, 5.74) is 6.66. The minimum absolute atomic E-state index is 0.102. The smallest absolute Gasteiger partial charge is 0.278 e. The van der Waals surface area contributed by atoms with E-state index in [-0.39, 0.29) is 24.2 Å². The van der Waals surface area contributed by atoms with Crippen LogP contribution in [-0.4, -0.2) is 23.3 Å². The molecule has 0 bridgehead atoms. The number of imide groups is 1. The molecular formula is C28H25FN2O2. The van der Waals surface area contributed by atoms with Crippen LogP contribution in [0.25, 0.3) is 5.57 Å². The zero-order valence-corrected chi connectivity index (χ0v) is 18.8. The molecule has 3 aromatic rings. The van der Waals surface area contributed by atoms with E-state index in [1.165, 1.54) is 22.6 Å². The summed E-state index contributed by atoms with van der Waals surface area (Å²) in [5.74, 6) is -0.975. The number of benzene rings is 3. The van der Waals surface area contributed by atoms with Crippen molar-refractivity contribution in [2.45, 2.75) is 33.2 Å². The Morgan fingerprint density at radius 1 is 0.879 bits per heavy atom. The van der Waals surface area contributed by atoms with E-state index in [4.69, 9.17) is 0 Å². The molecule has 0 atom stereocenters. The van der Waals surface area contributed by atoms with Crippen LogP contribution in [0, 0.1) is 19.7 Å². The predicted molar refractivity (Wildman–Crippen MR) is 127 cm³/mol. The molecule has 0 N–H and O–H groups in total. The van der Waals surface area contributed by atoms with Crippen LogP contribution in [0.3, 0.4) is 0 Å². The second kappa shape index (κ2) is 8.32. The second-order valence-corrected chi connectivity index (χ2v) is 8.73. The Kier molecular flexibility index (Phi) is 5.33. The Morgan fingerprint density at radius 2 is 1.64 bits per heavy atom. The lowest BCUT2D eigenvalue weighted by Crippen LogP contribution is -2.36. The molecule has 33 heavy (non-hydrogen) atoms. The fraction of sp³-hybridized carbons (Fsp3) is 0.214. The van der Waals surface area contributed by atoms with Gasteiger partial charge in [0.15, 0.2) is 0 Å². The first-order chi connectivity index (χ1) is 15.9. The molecule has 2 aliphatic rings. The second-order valence-electron chi connectivity index (χ2n) is 8.73. The van der Waals surface area contributed by atoms with Crippen LogP contribution in [0.2, 0.25) is 0 Å². The van der Waals surface area contributed by atoms with E-state index in [9.17, 15) is 14.0 Å². The maximum atomic E-state index is 13.8. The van der Waals surface area contributed by atoms with Crippen LogP contribution in [0.5, 0.6) is 0 Å². The molecule has 166 valence electrons. The lowest BCUT2D eigenvalue weighted by Gasteiger charge is -2.32. The minimum atomic E-state index is -0.350. The van der Waals surface area contributed by atoms with Gasteiger partial charge in [0.2, 0.25) is 0 Å². The first-order valence-corrected chi connectivity index (χ1v) is 11.2.